The van der Waals surface area contributed by atoms with Gasteiger partial charge in [-0.2, -0.15) is 0 Å². The molecule has 0 aliphatic carbocycles. The molecule has 2 aromatic carbocycles. The molecule has 5 rings (SSSR count). The highest BCUT2D eigenvalue weighted by molar-refractivity contribution is 6.03. The number of rotatable bonds is 5. The van der Waals surface area contributed by atoms with Crippen molar-refractivity contribution in [1.29, 1.82) is 0 Å². The lowest BCUT2D eigenvalue weighted by atomic mass is 10.1. The van der Waals surface area contributed by atoms with E-state index in [9.17, 15) is 28.0 Å². The van der Waals surface area contributed by atoms with E-state index in [1.807, 2.05) is 30.3 Å². The van der Waals surface area contributed by atoms with Gasteiger partial charge in [-0.1, -0.05) is 24.3 Å². The van der Waals surface area contributed by atoms with Crippen LogP contribution in [-0.4, -0.2) is 76.7 Å². The van der Waals surface area contributed by atoms with Crippen LogP contribution >= 0.6 is 0 Å². The number of aromatic amines is 1. The molecule has 3 aromatic rings. The molecule has 3 heterocycles. The molecule has 2 saturated heterocycles. The molecule has 0 bridgehead atoms. The smallest absolute Gasteiger partial charge is 0.270 e. The van der Waals surface area contributed by atoms with Crippen molar-refractivity contribution in [2.45, 2.75) is 57.2 Å². The number of halogens is 2. The van der Waals surface area contributed by atoms with Gasteiger partial charge in [0.15, 0.2) is 0 Å². The van der Waals surface area contributed by atoms with Crippen molar-refractivity contribution >= 4 is 40.2 Å². The normalized spacial score (nSPS) is 21.3. The molecule has 2 aliphatic rings. The number of para-hydroxylation sites is 1. The van der Waals surface area contributed by atoms with Crippen LogP contribution in [0.3, 0.4) is 0 Å². The number of H-pyrrole nitrogens is 1. The summed E-state index contributed by atoms with van der Waals surface area (Å²) in [6.45, 7) is 2.55. The maximum atomic E-state index is 14.0. The van der Waals surface area contributed by atoms with E-state index in [1.165, 1.54) is 41.0 Å². The molecule has 4 amide bonds. The molecule has 1 aromatic heterocycles. The van der Waals surface area contributed by atoms with E-state index in [0.29, 0.717) is 42.4 Å². The number of anilines is 1. The number of likely N-dealkylation sites (N-methyl/N-ethyl adjacent to an activating group) is 1. The summed E-state index contributed by atoms with van der Waals surface area (Å²) >= 11 is 0. The van der Waals surface area contributed by atoms with Gasteiger partial charge in [-0.05, 0) is 49.6 Å². The summed E-state index contributed by atoms with van der Waals surface area (Å²) in [5, 5.41) is 3.18. The number of hydrogen-bond acceptors (Lipinski definition) is 4. The predicted molar refractivity (Wildman–Crippen MR) is 149 cm³/mol. The van der Waals surface area contributed by atoms with E-state index < -0.39 is 29.8 Å². The number of aromatic nitrogens is 1. The van der Waals surface area contributed by atoms with Crippen LogP contribution < -0.4 is 10.2 Å². The van der Waals surface area contributed by atoms with E-state index in [-0.39, 0.29) is 35.7 Å². The molecule has 216 valence electrons. The second-order valence-electron chi connectivity index (χ2n) is 10.9. The Balaban J connectivity index is 1.41. The lowest BCUT2D eigenvalue weighted by molar-refractivity contribution is -0.144. The minimum Gasteiger partial charge on any atom is -0.351 e. The van der Waals surface area contributed by atoms with Crippen molar-refractivity contribution in [3.05, 3.63) is 65.9 Å². The average Bonchev–Trinajstić information content (AvgIpc) is 3.56. The van der Waals surface area contributed by atoms with Crippen LogP contribution in [0, 0.1) is 0 Å². The first-order valence-corrected chi connectivity index (χ1v) is 13.7. The number of nitrogens with zero attached hydrogens (tertiary/aromatic N) is 3. The van der Waals surface area contributed by atoms with Crippen LogP contribution in [0.5, 0.6) is 0 Å². The second-order valence-corrected chi connectivity index (χ2v) is 10.9. The van der Waals surface area contributed by atoms with E-state index in [4.69, 9.17) is 0 Å². The number of fused-ring (bicyclic) bond motifs is 2. The summed E-state index contributed by atoms with van der Waals surface area (Å²) in [5.74, 6) is -4.53. The number of carbonyl (C=O) groups excluding carboxylic acids is 4. The summed E-state index contributed by atoms with van der Waals surface area (Å²) in [5.41, 5.74) is 1.11. The number of alkyl halides is 2. The monoisotopic (exact) mass is 565 g/mol. The van der Waals surface area contributed by atoms with E-state index in [0.717, 1.165) is 6.92 Å². The molecule has 3 atom stereocenters. The molecule has 11 heteroatoms. The van der Waals surface area contributed by atoms with Crippen LogP contribution in [0.25, 0.3) is 10.9 Å². The molecule has 0 saturated carbocycles. The number of amides is 4. The van der Waals surface area contributed by atoms with Gasteiger partial charge in [0.25, 0.3) is 11.8 Å². The Morgan fingerprint density at radius 3 is 2.46 bits per heavy atom. The summed E-state index contributed by atoms with van der Waals surface area (Å²) < 4.78 is 27.6. The third kappa shape index (κ3) is 5.66. The standard InChI is InChI=1S/C30H33F2N5O4/c1-18(38)36-14-13-22-10-12-26(29(41)35(3)21-7-5-4-6-8-21)37(22)28(40)25(17-36)34-27(39)24-16-19-15-20(30(2,31)32)9-11-23(19)33-24/h4-9,11,15-16,22,25-26,33H,10,12-14,17H2,1-3H3,(H,34,39)/t22-,25+,26+/m1/s1. The minimum absolute atomic E-state index is 0.0506. The predicted octanol–water partition coefficient (Wildman–Crippen LogP) is 3.65. The van der Waals surface area contributed by atoms with Crippen LogP contribution in [0.15, 0.2) is 54.6 Å². The lowest BCUT2D eigenvalue weighted by Gasteiger charge is -2.39. The number of nitrogens with one attached hydrogen (secondary N) is 2. The molecule has 2 fully saturated rings. The highest BCUT2D eigenvalue weighted by Gasteiger charge is 2.46. The SMILES string of the molecule is CC(=O)N1CC[C@H]2CC[C@@H](C(=O)N(C)c3ccccc3)N2C(=O)[C@@H](NC(=O)c2cc3cc(C(C)(F)F)ccc3[nH]2)C1. The molecule has 0 spiro atoms. The molecule has 41 heavy (non-hydrogen) atoms. The Kier molecular flexibility index (Phi) is 7.54. The van der Waals surface area contributed by atoms with Gasteiger partial charge >= 0.3 is 0 Å². The van der Waals surface area contributed by atoms with Crippen molar-refractivity contribution in [3.63, 3.8) is 0 Å². The maximum Gasteiger partial charge on any atom is 0.270 e. The molecule has 0 unspecified atom stereocenters. The summed E-state index contributed by atoms with van der Waals surface area (Å²) in [6.07, 6.45) is 1.60. The van der Waals surface area contributed by atoms with Gasteiger partial charge in [0.05, 0.1) is 0 Å². The summed E-state index contributed by atoms with van der Waals surface area (Å²) in [7, 11) is 1.67. The number of benzene rings is 2. The summed E-state index contributed by atoms with van der Waals surface area (Å²) in [6, 6.07) is 12.6. The van der Waals surface area contributed by atoms with Crippen LogP contribution in [-0.2, 0) is 20.3 Å². The zero-order valence-corrected chi connectivity index (χ0v) is 23.2. The fourth-order valence-electron chi connectivity index (χ4n) is 5.78. The molecule has 2 N–H and O–H groups in total. The minimum atomic E-state index is -3.04. The van der Waals surface area contributed by atoms with Gasteiger partial charge in [0.1, 0.15) is 17.8 Å². The molecular formula is C30H33F2N5O4. The van der Waals surface area contributed by atoms with Gasteiger partial charge in [-0.25, -0.2) is 8.78 Å². The highest BCUT2D eigenvalue weighted by atomic mass is 19.3. The fraction of sp³-hybridized carbons (Fsp3) is 0.400. The first-order valence-electron chi connectivity index (χ1n) is 13.7. The Hall–Kier alpha value is -4.28. The van der Waals surface area contributed by atoms with E-state index >= 15 is 0 Å². The molecular weight excluding hydrogens is 532 g/mol. The second kappa shape index (κ2) is 10.9. The first-order chi connectivity index (χ1) is 19.4. The molecule has 0 radical (unpaired) electrons. The van der Waals surface area contributed by atoms with Gasteiger partial charge in [0, 0.05) is 62.2 Å². The topological polar surface area (TPSA) is 106 Å². The Morgan fingerprint density at radius 2 is 1.78 bits per heavy atom. The van der Waals surface area contributed by atoms with Crippen molar-refractivity contribution in [2.75, 3.05) is 25.0 Å². The average molecular weight is 566 g/mol. The quantitative estimate of drug-likeness (QED) is 0.493. The Morgan fingerprint density at radius 1 is 1.05 bits per heavy atom. The fourth-order valence-corrected chi connectivity index (χ4v) is 5.78. The molecule has 9 nitrogen and oxygen atoms in total. The van der Waals surface area contributed by atoms with Gasteiger partial charge in [-0.15, -0.1) is 0 Å². The van der Waals surface area contributed by atoms with Crippen LogP contribution in [0.1, 0.15) is 49.2 Å². The molecule has 2 aliphatic heterocycles. The van der Waals surface area contributed by atoms with Crippen LogP contribution in [0.4, 0.5) is 14.5 Å². The van der Waals surface area contributed by atoms with Crippen LogP contribution in [0.2, 0.25) is 0 Å². The third-order valence-electron chi connectivity index (χ3n) is 8.07. The Bertz CT molecular complexity index is 1490. The van der Waals surface area contributed by atoms with E-state index in [1.54, 1.807) is 11.9 Å². The van der Waals surface area contributed by atoms with Gasteiger partial charge in [0.2, 0.25) is 17.7 Å². The lowest BCUT2D eigenvalue weighted by Crippen LogP contribution is -2.61. The Labute approximate surface area is 236 Å². The first kappa shape index (κ1) is 28.3. The van der Waals surface area contributed by atoms with Crippen molar-refractivity contribution in [2.24, 2.45) is 0 Å². The van der Waals surface area contributed by atoms with Gasteiger partial charge in [-0.3, -0.25) is 19.2 Å². The number of hydrogen-bond donors (Lipinski definition) is 2. The maximum absolute atomic E-state index is 14.0. The van der Waals surface area contributed by atoms with Gasteiger partial charge < -0.3 is 25.0 Å². The summed E-state index contributed by atoms with van der Waals surface area (Å²) in [4.78, 5) is 60.9. The largest absolute Gasteiger partial charge is 0.351 e. The third-order valence-corrected chi connectivity index (χ3v) is 8.07. The van der Waals surface area contributed by atoms with Crippen molar-refractivity contribution < 1.29 is 28.0 Å². The van der Waals surface area contributed by atoms with Crippen molar-refractivity contribution in [1.82, 2.24) is 20.1 Å². The highest BCUT2D eigenvalue weighted by Crippen LogP contribution is 2.32. The zero-order chi connectivity index (χ0) is 29.5. The van der Waals surface area contributed by atoms with Crippen molar-refractivity contribution in [3.8, 4) is 0 Å². The van der Waals surface area contributed by atoms with E-state index in [2.05, 4.69) is 10.3 Å². The zero-order valence-electron chi connectivity index (χ0n) is 23.2. The number of carbonyl (C=O) groups is 4.